The molecule has 2 bridgehead atoms. The van der Waals surface area contributed by atoms with Gasteiger partial charge in [0.25, 0.3) is 0 Å². The standard InChI is InChI=1S/C13H21N3O/c1-14-5-4-12-15-13(17-16-12)8-11-7-9-2-3-10(11)6-9/h9-11,14H,2-8H2,1H3. The number of hydrogen-bond acceptors (Lipinski definition) is 4. The van der Waals surface area contributed by atoms with E-state index in [1.165, 1.54) is 25.7 Å². The van der Waals surface area contributed by atoms with E-state index in [9.17, 15) is 0 Å². The van der Waals surface area contributed by atoms with Crippen LogP contribution in [0.25, 0.3) is 0 Å². The van der Waals surface area contributed by atoms with Gasteiger partial charge in [0.1, 0.15) is 0 Å². The molecule has 0 aliphatic heterocycles. The Hall–Kier alpha value is -0.900. The lowest BCUT2D eigenvalue weighted by molar-refractivity contribution is 0.287. The summed E-state index contributed by atoms with van der Waals surface area (Å²) in [5, 5.41) is 7.13. The van der Waals surface area contributed by atoms with Crippen LogP contribution in [-0.4, -0.2) is 23.7 Å². The lowest BCUT2D eigenvalue weighted by atomic mass is 9.86. The lowest BCUT2D eigenvalue weighted by Crippen LogP contribution is -2.13. The molecule has 17 heavy (non-hydrogen) atoms. The van der Waals surface area contributed by atoms with Gasteiger partial charge in [0.2, 0.25) is 5.89 Å². The van der Waals surface area contributed by atoms with Crippen LogP contribution in [0.2, 0.25) is 0 Å². The van der Waals surface area contributed by atoms with E-state index in [4.69, 9.17) is 4.52 Å². The van der Waals surface area contributed by atoms with Crippen molar-refractivity contribution >= 4 is 0 Å². The maximum Gasteiger partial charge on any atom is 0.226 e. The number of hydrogen-bond donors (Lipinski definition) is 1. The van der Waals surface area contributed by atoms with Crippen LogP contribution in [-0.2, 0) is 12.8 Å². The maximum absolute atomic E-state index is 5.34. The van der Waals surface area contributed by atoms with Crippen molar-refractivity contribution in [2.24, 2.45) is 17.8 Å². The van der Waals surface area contributed by atoms with Crippen LogP contribution >= 0.6 is 0 Å². The van der Waals surface area contributed by atoms with Crippen molar-refractivity contribution in [2.75, 3.05) is 13.6 Å². The molecule has 0 spiro atoms. The number of nitrogens with zero attached hydrogens (tertiary/aromatic N) is 2. The Morgan fingerprint density at radius 3 is 3.00 bits per heavy atom. The summed E-state index contributed by atoms with van der Waals surface area (Å²) in [6, 6.07) is 0. The van der Waals surface area contributed by atoms with Crippen molar-refractivity contribution in [3.8, 4) is 0 Å². The Labute approximate surface area is 102 Å². The molecule has 2 saturated carbocycles. The Morgan fingerprint density at radius 1 is 1.35 bits per heavy atom. The van der Waals surface area contributed by atoms with Gasteiger partial charge >= 0.3 is 0 Å². The van der Waals surface area contributed by atoms with Crippen molar-refractivity contribution < 1.29 is 4.52 Å². The minimum absolute atomic E-state index is 0.811. The van der Waals surface area contributed by atoms with E-state index in [2.05, 4.69) is 15.5 Å². The average Bonchev–Trinajstić information content (AvgIpc) is 3.02. The lowest BCUT2D eigenvalue weighted by Gasteiger charge is -2.19. The molecule has 0 saturated heterocycles. The quantitative estimate of drug-likeness (QED) is 0.845. The summed E-state index contributed by atoms with van der Waals surface area (Å²) in [4.78, 5) is 4.48. The highest BCUT2D eigenvalue weighted by atomic mass is 16.5. The molecule has 0 amide bonds. The average molecular weight is 235 g/mol. The molecule has 4 heteroatoms. The van der Waals surface area contributed by atoms with Gasteiger partial charge in [-0.1, -0.05) is 11.6 Å². The van der Waals surface area contributed by atoms with Crippen LogP contribution in [0.1, 0.15) is 37.4 Å². The second-order valence-electron chi connectivity index (χ2n) is 5.60. The van der Waals surface area contributed by atoms with Gasteiger partial charge in [0.15, 0.2) is 5.82 Å². The molecule has 0 aromatic carbocycles. The first-order valence-corrected chi connectivity index (χ1v) is 6.81. The van der Waals surface area contributed by atoms with Gasteiger partial charge in [-0.05, 0) is 44.1 Å². The van der Waals surface area contributed by atoms with Crippen LogP contribution in [0.4, 0.5) is 0 Å². The summed E-state index contributed by atoms with van der Waals surface area (Å²) in [6.07, 6.45) is 7.59. The summed E-state index contributed by atoms with van der Waals surface area (Å²) < 4.78 is 5.34. The molecule has 1 N–H and O–H groups in total. The highest BCUT2D eigenvalue weighted by Gasteiger charge is 2.39. The van der Waals surface area contributed by atoms with Crippen molar-refractivity contribution in [3.05, 3.63) is 11.7 Å². The summed E-state index contributed by atoms with van der Waals surface area (Å²) >= 11 is 0. The zero-order valence-corrected chi connectivity index (χ0v) is 10.5. The molecule has 3 rings (SSSR count). The first-order chi connectivity index (χ1) is 8.35. The minimum atomic E-state index is 0.811. The summed E-state index contributed by atoms with van der Waals surface area (Å²) in [5.41, 5.74) is 0. The van der Waals surface area contributed by atoms with Crippen molar-refractivity contribution in [1.29, 1.82) is 0 Å². The normalized spacial score (nSPS) is 31.2. The van der Waals surface area contributed by atoms with E-state index in [1.54, 1.807) is 0 Å². The van der Waals surface area contributed by atoms with Crippen LogP contribution in [0.15, 0.2) is 4.52 Å². The van der Waals surface area contributed by atoms with E-state index in [0.717, 1.165) is 48.9 Å². The Balaban J connectivity index is 1.56. The number of aromatic nitrogens is 2. The molecule has 1 aromatic rings. The number of fused-ring (bicyclic) bond motifs is 2. The first kappa shape index (κ1) is 11.2. The van der Waals surface area contributed by atoms with Crippen LogP contribution in [0.5, 0.6) is 0 Å². The maximum atomic E-state index is 5.34. The van der Waals surface area contributed by atoms with Gasteiger partial charge in [-0.15, -0.1) is 0 Å². The molecule has 4 nitrogen and oxygen atoms in total. The first-order valence-electron chi connectivity index (χ1n) is 6.81. The third kappa shape index (κ3) is 2.37. The van der Waals surface area contributed by atoms with E-state index in [1.807, 2.05) is 7.05 Å². The smallest absolute Gasteiger partial charge is 0.226 e. The Kier molecular flexibility index (Phi) is 3.14. The van der Waals surface area contributed by atoms with Gasteiger partial charge < -0.3 is 9.84 Å². The Bertz CT molecular complexity index is 376. The van der Waals surface area contributed by atoms with Crippen LogP contribution in [0.3, 0.4) is 0 Å². The van der Waals surface area contributed by atoms with Gasteiger partial charge in [-0.2, -0.15) is 4.98 Å². The third-order valence-corrected chi connectivity index (χ3v) is 4.43. The zero-order valence-electron chi connectivity index (χ0n) is 10.5. The highest BCUT2D eigenvalue weighted by molar-refractivity contribution is 4.96. The molecule has 1 heterocycles. The number of rotatable bonds is 5. The zero-order chi connectivity index (χ0) is 11.7. The van der Waals surface area contributed by atoms with Crippen molar-refractivity contribution in [2.45, 2.75) is 38.5 Å². The summed E-state index contributed by atoms with van der Waals surface area (Å²) in [7, 11) is 1.94. The van der Waals surface area contributed by atoms with E-state index >= 15 is 0 Å². The number of likely N-dealkylation sites (N-methyl/N-ethyl adjacent to an activating group) is 1. The fourth-order valence-corrected chi connectivity index (χ4v) is 3.56. The highest BCUT2D eigenvalue weighted by Crippen LogP contribution is 2.49. The molecule has 94 valence electrons. The van der Waals surface area contributed by atoms with E-state index < -0.39 is 0 Å². The van der Waals surface area contributed by atoms with Crippen LogP contribution < -0.4 is 5.32 Å². The number of nitrogens with one attached hydrogen (secondary N) is 1. The predicted molar refractivity (Wildman–Crippen MR) is 64.6 cm³/mol. The molecular weight excluding hydrogens is 214 g/mol. The van der Waals surface area contributed by atoms with Crippen molar-refractivity contribution in [3.63, 3.8) is 0 Å². The van der Waals surface area contributed by atoms with Crippen LogP contribution in [0, 0.1) is 17.8 Å². The van der Waals surface area contributed by atoms with Gasteiger partial charge in [-0.3, -0.25) is 0 Å². The summed E-state index contributed by atoms with van der Waals surface area (Å²) in [6.45, 7) is 0.910. The summed E-state index contributed by atoms with van der Waals surface area (Å²) in [5.74, 6) is 4.45. The SMILES string of the molecule is CNCCc1noc(CC2CC3CCC2C3)n1. The Morgan fingerprint density at radius 2 is 2.29 bits per heavy atom. The molecular formula is C13H21N3O. The van der Waals surface area contributed by atoms with E-state index in [-0.39, 0.29) is 0 Å². The monoisotopic (exact) mass is 235 g/mol. The minimum Gasteiger partial charge on any atom is -0.339 e. The predicted octanol–water partition coefficient (Wildman–Crippen LogP) is 1.81. The topological polar surface area (TPSA) is 51.0 Å². The van der Waals surface area contributed by atoms with Crippen molar-refractivity contribution in [1.82, 2.24) is 15.5 Å². The second-order valence-corrected chi connectivity index (χ2v) is 5.60. The molecule has 2 fully saturated rings. The van der Waals surface area contributed by atoms with Gasteiger partial charge in [-0.25, -0.2) is 0 Å². The molecule has 3 unspecified atom stereocenters. The fourth-order valence-electron chi connectivity index (χ4n) is 3.56. The molecule has 2 aliphatic carbocycles. The molecule has 2 aliphatic rings. The third-order valence-electron chi connectivity index (χ3n) is 4.43. The van der Waals surface area contributed by atoms with Gasteiger partial charge in [0.05, 0.1) is 0 Å². The largest absolute Gasteiger partial charge is 0.339 e. The molecule has 3 atom stereocenters. The van der Waals surface area contributed by atoms with Gasteiger partial charge in [0, 0.05) is 19.4 Å². The fraction of sp³-hybridized carbons (Fsp3) is 0.846. The van der Waals surface area contributed by atoms with E-state index in [0.29, 0.717) is 0 Å². The molecule has 0 radical (unpaired) electrons. The molecule has 1 aromatic heterocycles. The second kappa shape index (κ2) is 4.77.